The van der Waals surface area contributed by atoms with Gasteiger partial charge in [-0.05, 0) is 50.1 Å². The van der Waals surface area contributed by atoms with Crippen molar-refractivity contribution in [3.05, 3.63) is 53.2 Å². The Hall–Kier alpha value is -4.54. The number of hydrogen-bond acceptors (Lipinski definition) is 8. The summed E-state index contributed by atoms with van der Waals surface area (Å²) in [7, 11) is 0. The first-order valence-corrected chi connectivity index (χ1v) is 17.7. The third kappa shape index (κ3) is 5.89. The molecule has 0 unspecified atom stereocenters. The maximum atomic E-state index is 17.0. The predicted molar refractivity (Wildman–Crippen MR) is 180 cm³/mol. The lowest BCUT2D eigenvalue weighted by atomic mass is 9.93. The molecule has 0 amide bonds. The van der Waals surface area contributed by atoms with Gasteiger partial charge >= 0.3 is 30.1 Å². The SMILES string of the molecule is C#Cc1c(F)ccc2cccc(-c3nc4c5c(nc(OC[C@@]67CCCN6C[C@@H](OC(C(F)(F)F)(C(F)(F)F)C(F)(F)F)C7)nc5c3F)N3CCNC[C@H]3CC4)c12. The van der Waals surface area contributed by atoms with Gasteiger partial charge in [-0.1, -0.05) is 30.2 Å². The van der Waals surface area contributed by atoms with Crippen LogP contribution in [0, 0.1) is 24.0 Å². The van der Waals surface area contributed by atoms with E-state index in [4.69, 9.17) is 16.1 Å². The van der Waals surface area contributed by atoms with Gasteiger partial charge in [0.05, 0.1) is 28.3 Å². The van der Waals surface area contributed by atoms with Crippen LogP contribution in [-0.2, 0) is 11.2 Å². The van der Waals surface area contributed by atoms with Crippen LogP contribution in [0.5, 0.6) is 6.01 Å². The van der Waals surface area contributed by atoms with Gasteiger partial charge < -0.3 is 19.7 Å². The summed E-state index contributed by atoms with van der Waals surface area (Å²) in [6.07, 6.45) is -16.3. The number of benzene rings is 2. The quantitative estimate of drug-likeness (QED) is 0.162. The van der Waals surface area contributed by atoms with Crippen molar-refractivity contribution in [1.82, 2.24) is 25.2 Å². The van der Waals surface area contributed by atoms with Crippen molar-refractivity contribution >= 4 is 27.5 Å². The van der Waals surface area contributed by atoms with Gasteiger partial charge in [-0.2, -0.15) is 49.5 Å². The fourth-order valence-electron chi connectivity index (χ4n) is 8.81. The second-order valence-electron chi connectivity index (χ2n) is 14.5. The molecule has 3 fully saturated rings. The molecule has 6 heterocycles. The van der Waals surface area contributed by atoms with Gasteiger partial charge in [0.2, 0.25) is 0 Å². The maximum Gasteiger partial charge on any atom is 0.435 e. The standard InChI is InChI=1S/C37H31F11N6O2/c1-2-22-24(38)9-7-19-5-3-6-23(26(19)22)29-28(39)30-27-25(50-29)10-8-20-16-49-12-14-54(20)31(27)52-32(51-30)55-18-33-11-4-13-53(33)17-21(15-33)56-34(35(40,41)42,36(43,44)45)37(46,47)48/h1,3,5-7,9,20-21,49H,4,8,10-18H2/t20-,21+,33+/m1/s1. The molecule has 19 heteroatoms. The van der Waals surface area contributed by atoms with E-state index >= 15 is 4.39 Å². The van der Waals surface area contributed by atoms with Crippen molar-refractivity contribution in [2.24, 2.45) is 0 Å². The number of rotatable bonds is 6. The van der Waals surface area contributed by atoms with Gasteiger partial charge in [0.25, 0.3) is 0 Å². The normalized spacial score (nSPS) is 23.3. The molecule has 0 spiro atoms. The maximum absolute atomic E-state index is 17.0. The van der Waals surface area contributed by atoms with E-state index in [1.54, 1.807) is 18.2 Å². The second kappa shape index (κ2) is 13.3. The molecule has 298 valence electrons. The van der Waals surface area contributed by atoms with E-state index in [2.05, 4.69) is 25.9 Å². The summed E-state index contributed by atoms with van der Waals surface area (Å²) in [6, 6.07) is 7.07. The van der Waals surface area contributed by atoms with E-state index in [0.717, 1.165) is 0 Å². The van der Waals surface area contributed by atoms with Crippen LogP contribution >= 0.6 is 0 Å². The first kappa shape index (κ1) is 38.3. The summed E-state index contributed by atoms with van der Waals surface area (Å²) < 4.78 is 166. The van der Waals surface area contributed by atoms with E-state index in [9.17, 15) is 43.9 Å². The van der Waals surface area contributed by atoms with Crippen molar-refractivity contribution in [2.45, 2.75) is 73.9 Å². The molecular formula is C37H31F11N6O2. The number of anilines is 1. The number of pyridine rings is 1. The van der Waals surface area contributed by atoms with Gasteiger partial charge in [-0.15, -0.1) is 6.42 Å². The average Bonchev–Trinajstić information content (AvgIpc) is 3.63. The Balaban J connectivity index is 1.20. The van der Waals surface area contributed by atoms with E-state index in [-0.39, 0.29) is 58.6 Å². The van der Waals surface area contributed by atoms with Crippen LogP contribution in [0.15, 0.2) is 30.3 Å². The van der Waals surface area contributed by atoms with Crippen LogP contribution in [0.3, 0.4) is 0 Å². The number of aromatic nitrogens is 3. The molecule has 4 aliphatic rings. The molecule has 3 saturated heterocycles. The lowest BCUT2D eigenvalue weighted by Gasteiger charge is -2.40. The van der Waals surface area contributed by atoms with E-state index in [1.165, 1.54) is 17.0 Å². The molecule has 1 N–H and O–H groups in total. The van der Waals surface area contributed by atoms with Gasteiger partial charge in [-0.25, -0.2) is 13.8 Å². The predicted octanol–water partition coefficient (Wildman–Crippen LogP) is 7.26. The molecule has 2 aromatic heterocycles. The largest absolute Gasteiger partial charge is 0.461 e. The highest BCUT2D eigenvalue weighted by Crippen LogP contribution is 2.57. The zero-order valence-corrected chi connectivity index (χ0v) is 29.1. The van der Waals surface area contributed by atoms with Crippen LogP contribution in [0.4, 0.5) is 54.1 Å². The number of nitrogens with zero attached hydrogens (tertiary/aromatic N) is 5. The summed E-state index contributed by atoms with van der Waals surface area (Å²) in [5.74, 6) is 1.02. The minimum absolute atomic E-state index is 0.0990. The van der Waals surface area contributed by atoms with Crippen LogP contribution < -0.4 is 15.0 Å². The highest BCUT2D eigenvalue weighted by atomic mass is 19.4. The highest BCUT2D eigenvalue weighted by molar-refractivity contribution is 6.02. The molecular weight excluding hydrogens is 769 g/mol. The summed E-state index contributed by atoms with van der Waals surface area (Å²) >= 11 is 0. The minimum Gasteiger partial charge on any atom is -0.461 e. The number of hydrogen-bond donors (Lipinski definition) is 1. The summed E-state index contributed by atoms with van der Waals surface area (Å²) in [5, 5.41) is 4.38. The van der Waals surface area contributed by atoms with E-state index in [0.29, 0.717) is 55.4 Å². The minimum atomic E-state index is -6.87. The summed E-state index contributed by atoms with van der Waals surface area (Å²) in [6.45, 7) is 0.535. The molecule has 0 radical (unpaired) electrons. The number of piperazine rings is 1. The monoisotopic (exact) mass is 800 g/mol. The molecule has 3 atom stereocenters. The molecule has 0 aliphatic carbocycles. The third-order valence-corrected chi connectivity index (χ3v) is 11.3. The van der Waals surface area contributed by atoms with E-state index in [1.807, 2.05) is 4.90 Å². The zero-order chi connectivity index (χ0) is 40.0. The number of aryl methyl sites for hydroxylation is 1. The van der Waals surface area contributed by atoms with Crippen molar-refractivity contribution in [1.29, 1.82) is 0 Å². The zero-order valence-electron chi connectivity index (χ0n) is 29.1. The van der Waals surface area contributed by atoms with Crippen molar-refractivity contribution in [3.63, 3.8) is 0 Å². The molecule has 4 aliphatic heterocycles. The first-order valence-electron chi connectivity index (χ1n) is 17.7. The number of alkyl halides is 9. The number of halogens is 11. The molecule has 2 aromatic carbocycles. The second-order valence-corrected chi connectivity index (χ2v) is 14.5. The van der Waals surface area contributed by atoms with Crippen LogP contribution in [0.25, 0.3) is 32.9 Å². The molecule has 0 saturated carbocycles. The lowest BCUT2D eigenvalue weighted by Crippen LogP contribution is -2.68. The van der Waals surface area contributed by atoms with E-state index < -0.39 is 67.0 Å². The Bertz CT molecular complexity index is 2220. The third-order valence-electron chi connectivity index (χ3n) is 11.3. The Morgan fingerprint density at radius 1 is 0.929 bits per heavy atom. The Morgan fingerprint density at radius 2 is 1.68 bits per heavy atom. The van der Waals surface area contributed by atoms with Crippen LogP contribution in [-0.4, -0.2) is 101 Å². The average molecular weight is 801 g/mol. The van der Waals surface area contributed by atoms with Gasteiger partial charge in [-0.3, -0.25) is 4.90 Å². The molecule has 56 heavy (non-hydrogen) atoms. The number of fused-ring (bicyclic) bond motifs is 4. The fourth-order valence-corrected chi connectivity index (χ4v) is 8.81. The van der Waals surface area contributed by atoms with Gasteiger partial charge in [0.1, 0.15) is 29.5 Å². The molecule has 8 rings (SSSR count). The number of nitrogens with one attached hydrogen (secondary N) is 1. The lowest BCUT2D eigenvalue weighted by molar-refractivity contribution is -0.463. The number of ether oxygens (including phenoxy) is 2. The van der Waals surface area contributed by atoms with Crippen molar-refractivity contribution in [3.8, 4) is 29.6 Å². The van der Waals surface area contributed by atoms with Gasteiger partial charge in [0.15, 0.2) is 5.82 Å². The number of terminal acetylenes is 1. The Morgan fingerprint density at radius 3 is 2.39 bits per heavy atom. The molecule has 0 bridgehead atoms. The van der Waals surface area contributed by atoms with Crippen molar-refractivity contribution < 1.29 is 57.8 Å². The first-order chi connectivity index (χ1) is 26.4. The topological polar surface area (TPSA) is 75.6 Å². The highest BCUT2D eigenvalue weighted by Gasteiger charge is 2.86. The fraction of sp³-hybridized carbons (Fsp3) is 0.486. The van der Waals surface area contributed by atoms with Gasteiger partial charge in [0, 0.05) is 43.2 Å². The Labute approximate surface area is 311 Å². The smallest absolute Gasteiger partial charge is 0.435 e. The van der Waals surface area contributed by atoms with Crippen LogP contribution in [0.2, 0.25) is 0 Å². The molecule has 4 aromatic rings. The Kier molecular flexibility index (Phi) is 9.08. The van der Waals surface area contributed by atoms with Crippen LogP contribution in [0.1, 0.15) is 36.9 Å². The molecule has 8 nitrogen and oxygen atoms in total. The summed E-state index contributed by atoms with van der Waals surface area (Å²) in [5.41, 5.74) is -7.61. The summed E-state index contributed by atoms with van der Waals surface area (Å²) in [4.78, 5) is 17.2. The van der Waals surface area contributed by atoms with Crippen molar-refractivity contribution in [2.75, 3.05) is 44.2 Å².